The van der Waals surface area contributed by atoms with Crippen LogP contribution in [0.4, 0.5) is 82.0 Å². The Morgan fingerprint density at radius 3 is 1.74 bits per heavy atom. The van der Waals surface area contributed by atoms with E-state index in [9.17, 15) is 35.9 Å². The summed E-state index contributed by atoms with van der Waals surface area (Å²) in [6, 6.07) is 23.4. The molecule has 23 heteroatoms. The fourth-order valence-electron chi connectivity index (χ4n) is 10.0. The number of para-hydroxylation sites is 1. The van der Waals surface area contributed by atoms with Crippen LogP contribution in [0.1, 0.15) is 51.4 Å². The number of amides is 3. The topological polar surface area (TPSA) is 147 Å². The Morgan fingerprint density at radius 2 is 1.14 bits per heavy atom. The highest BCUT2D eigenvalue weighted by Gasteiger charge is 2.44. The van der Waals surface area contributed by atoms with Crippen molar-refractivity contribution in [1.29, 1.82) is 0 Å². The molecule has 15 nitrogen and oxygen atoms in total. The Bertz CT molecular complexity index is 2550. The zero-order valence-corrected chi connectivity index (χ0v) is 42.0. The van der Waals surface area contributed by atoms with E-state index in [1.807, 2.05) is 24.3 Å². The second kappa shape index (κ2) is 24.1. The van der Waals surface area contributed by atoms with Crippen molar-refractivity contribution in [2.24, 2.45) is 11.8 Å². The van der Waals surface area contributed by atoms with E-state index < -0.39 is 30.3 Å². The molecule has 4 fully saturated rings. The van der Waals surface area contributed by atoms with E-state index in [2.05, 4.69) is 40.7 Å². The molecule has 73 heavy (non-hydrogen) atoms. The predicted molar refractivity (Wildman–Crippen MR) is 281 cm³/mol. The van der Waals surface area contributed by atoms with Gasteiger partial charge in [-0.25, -0.2) is 19.6 Å². The number of rotatable bonds is 5. The number of pyridine rings is 4. The zero-order valence-electron chi connectivity index (χ0n) is 40.0. The second-order valence-corrected chi connectivity index (χ2v) is 18.5. The summed E-state index contributed by atoms with van der Waals surface area (Å²) in [5.41, 5.74) is 3.10. The quantitative estimate of drug-likeness (QED) is 0.144. The number of carbonyl (C=O) groups is 2. The van der Waals surface area contributed by atoms with E-state index in [0.717, 1.165) is 62.5 Å². The van der Waals surface area contributed by atoms with Crippen molar-refractivity contribution in [2.75, 3.05) is 92.8 Å². The minimum absolute atomic E-state index is 0. The summed E-state index contributed by atoms with van der Waals surface area (Å²) in [6.45, 7) is 4.70. The monoisotopic (exact) mass is 1050 g/mol. The number of halogens is 6. The Hall–Kier alpha value is -6.36. The molecular formula is C50H60F6N12O3S2. The summed E-state index contributed by atoms with van der Waals surface area (Å²) < 4.78 is 84.0. The van der Waals surface area contributed by atoms with Crippen molar-refractivity contribution >= 4 is 85.1 Å². The van der Waals surface area contributed by atoms with Crippen LogP contribution in [0.3, 0.4) is 0 Å². The number of anilines is 8. The Balaban J connectivity index is 0.000000168. The number of benzene rings is 1. The number of aromatic nitrogens is 4. The van der Waals surface area contributed by atoms with Crippen molar-refractivity contribution in [3.8, 4) is 5.75 Å². The summed E-state index contributed by atoms with van der Waals surface area (Å²) in [4.78, 5) is 51.7. The van der Waals surface area contributed by atoms with Gasteiger partial charge in [0.1, 0.15) is 17.4 Å². The lowest BCUT2D eigenvalue weighted by Crippen LogP contribution is -2.56. The SMILES string of the molecule is FC(F)(F)C1CCCN(c2ccc3c(n2)N[C@H]2CCCN3C2)C1.O=C(Nc1cccnc1)N1c2nc(N3CCCC(C(F)(F)F)C3)ccc2N2CCC[C@H]1C2.O=C(Nc1cccnc1)Oc1ccccc1.S.S. The summed E-state index contributed by atoms with van der Waals surface area (Å²) in [6.07, 6.45) is 3.01. The number of hydrogen-bond donors (Lipinski definition) is 3. The van der Waals surface area contributed by atoms with Crippen molar-refractivity contribution in [1.82, 2.24) is 19.9 Å². The number of alkyl halides is 6. The molecule has 5 aromatic rings. The molecule has 11 rings (SSSR count). The van der Waals surface area contributed by atoms with Gasteiger partial charge in [-0.05, 0) is 112 Å². The lowest BCUT2D eigenvalue weighted by atomic mass is 9.97. The summed E-state index contributed by atoms with van der Waals surface area (Å²) >= 11 is 0. The Labute approximate surface area is 434 Å². The predicted octanol–water partition coefficient (Wildman–Crippen LogP) is 10.4. The van der Waals surface area contributed by atoms with Gasteiger partial charge in [-0.15, -0.1) is 0 Å². The van der Waals surface area contributed by atoms with Gasteiger partial charge in [0.05, 0.1) is 53.0 Å². The minimum Gasteiger partial charge on any atom is -0.410 e. The van der Waals surface area contributed by atoms with E-state index in [4.69, 9.17) is 9.72 Å². The average molecular weight is 1060 g/mol. The largest absolute Gasteiger partial charge is 0.417 e. The van der Waals surface area contributed by atoms with Crippen LogP contribution >= 0.6 is 27.0 Å². The third-order valence-electron chi connectivity index (χ3n) is 13.5. The number of ether oxygens (including phenoxy) is 1. The van der Waals surface area contributed by atoms with Crippen LogP contribution in [0.5, 0.6) is 5.75 Å². The Kier molecular flexibility index (Phi) is 18.0. The van der Waals surface area contributed by atoms with Gasteiger partial charge in [0.2, 0.25) is 0 Å². The van der Waals surface area contributed by atoms with E-state index in [1.54, 1.807) is 94.1 Å². The molecule has 4 atom stereocenters. The maximum Gasteiger partial charge on any atom is 0.417 e. The lowest BCUT2D eigenvalue weighted by molar-refractivity contribution is -0.176. The van der Waals surface area contributed by atoms with Gasteiger partial charge in [0, 0.05) is 70.8 Å². The maximum absolute atomic E-state index is 13.3. The first kappa shape index (κ1) is 54.4. The Morgan fingerprint density at radius 1 is 0.589 bits per heavy atom. The molecule has 4 bridgehead atoms. The van der Waals surface area contributed by atoms with E-state index in [1.165, 1.54) is 0 Å². The minimum atomic E-state index is -4.22. The van der Waals surface area contributed by atoms with Crippen molar-refractivity contribution in [3.63, 3.8) is 0 Å². The van der Waals surface area contributed by atoms with Gasteiger partial charge < -0.3 is 35.0 Å². The smallest absolute Gasteiger partial charge is 0.410 e. The van der Waals surface area contributed by atoms with Gasteiger partial charge in [-0.1, -0.05) is 18.2 Å². The van der Waals surface area contributed by atoms with Crippen LogP contribution in [-0.4, -0.2) is 109 Å². The number of piperidine rings is 4. The first-order chi connectivity index (χ1) is 34.2. The first-order valence-electron chi connectivity index (χ1n) is 24.1. The van der Waals surface area contributed by atoms with Gasteiger partial charge in [0.25, 0.3) is 0 Å². The van der Waals surface area contributed by atoms with Crippen LogP contribution in [0.2, 0.25) is 0 Å². The summed E-state index contributed by atoms with van der Waals surface area (Å²) in [7, 11) is 0. The number of fused-ring (bicyclic) bond motifs is 8. The molecule has 4 aromatic heterocycles. The van der Waals surface area contributed by atoms with Gasteiger partial charge in [-0.2, -0.15) is 53.3 Å². The van der Waals surface area contributed by atoms with E-state index in [-0.39, 0.29) is 65.0 Å². The number of nitrogens with zero attached hydrogens (tertiary/aromatic N) is 9. The molecule has 10 heterocycles. The second-order valence-electron chi connectivity index (χ2n) is 18.5. The lowest BCUT2D eigenvalue weighted by Gasteiger charge is -2.46. The van der Waals surface area contributed by atoms with Gasteiger partial charge in [0.15, 0.2) is 11.6 Å². The van der Waals surface area contributed by atoms with Crippen LogP contribution in [0.15, 0.2) is 104 Å². The van der Waals surface area contributed by atoms with E-state index in [0.29, 0.717) is 73.1 Å². The maximum atomic E-state index is 13.3. The fraction of sp³-hybridized carbons (Fsp3) is 0.440. The van der Waals surface area contributed by atoms with Crippen LogP contribution in [0, 0.1) is 11.8 Å². The number of hydrogen-bond acceptors (Lipinski definition) is 12. The molecule has 6 aliphatic heterocycles. The average Bonchev–Trinajstić information content (AvgIpc) is 3.37. The molecule has 1 aromatic carbocycles. The molecule has 0 aliphatic carbocycles. The van der Waals surface area contributed by atoms with E-state index >= 15 is 0 Å². The highest BCUT2D eigenvalue weighted by atomic mass is 32.1. The van der Waals surface area contributed by atoms with Crippen molar-refractivity contribution in [2.45, 2.75) is 75.8 Å². The summed E-state index contributed by atoms with van der Waals surface area (Å²) in [5, 5.41) is 8.90. The highest BCUT2D eigenvalue weighted by Crippen LogP contribution is 2.42. The standard InChI is InChI=1S/C22H25F3N6O.C16H21F3N4.C12H10N2O2.2H2S/c23-22(24,25)15-4-2-11-30(13-15)19-8-7-18-20(28-19)31(17-6-3-10-29(18)14-17)21(32)27-16-5-1-9-26-12-16;17-16(18,19)11-3-1-8-23(9-11)14-6-5-13-15(21-14)20-12-4-2-7-22(13)10-12;15-12(14-10-5-4-8-13-9-10)16-11-6-2-1-3-7-11;;/h1,5,7-9,12,15,17H,2-4,6,10-11,13-14H2,(H,27,32);5-6,11-12H,1-4,7-10H2,(H,20,21);1-9H,(H,14,15);2*1H2/t15?,17-;11?,12-;;;/m00.../s1. The van der Waals surface area contributed by atoms with Crippen molar-refractivity contribution < 1.29 is 40.7 Å². The third kappa shape index (κ3) is 13.6. The normalized spacial score (nSPS) is 20.8. The molecule has 4 saturated heterocycles. The van der Waals surface area contributed by atoms with Crippen LogP contribution in [0.25, 0.3) is 0 Å². The molecule has 2 unspecified atom stereocenters. The van der Waals surface area contributed by atoms with Gasteiger partial charge >= 0.3 is 24.5 Å². The molecule has 3 amide bonds. The molecule has 0 saturated carbocycles. The number of urea groups is 1. The van der Waals surface area contributed by atoms with Crippen LogP contribution in [-0.2, 0) is 0 Å². The van der Waals surface area contributed by atoms with Gasteiger partial charge in [-0.3, -0.25) is 20.2 Å². The highest BCUT2D eigenvalue weighted by molar-refractivity contribution is 7.59. The number of nitrogens with one attached hydrogen (secondary N) is 3. The summed E-state index contributed by atoms with van der Waals surface area (Å²) in [5.74, 6) is 0.377. The zero-order chi connectivity index (χ0) is 49.5. The van der Waals surface area contributed by atoms with Crippen LogP contribution < -0.4 is 45.2 Å². The molecule has 6 aliphatic rings. The van der Waals surface area contributed by atoms with Crippen molar-refractivity contribution in [3.05, 3.63) is 104 Å². The fourth-order valence-corrected chi connectivity index (χ4v) is 10.0. The molecule has 0 radical (unpaired) electrons. The molecule has 0 spiro atoms. The third-order valence-corrected chi connectivity index (χ3v) is 13.5. The molecule has 3 N–H and O–H groups in total. The molecular weight excluding hydrogens is 995 g/mol. The first-order valence-corrected chi connectivity index (χ1v) is 24.1. The molecule has 392 valence electrons. The number of carbonyl (C=O) groups excluding carboxylic acids is 2.